The van der Waals surface area contributed by atoms with Crippen molar-refractivity contribution in [1.29, 1.82) is 0 Å². The molecule has 7 heteroatoms. The maximum atomic E-state index is 12.3. The molecule has 0 saturated carbocycles. The van der Waals surface area contributed by atoms with Crippen LogP contribution in [0.3, 0.4) is 0 Å². The molecule has 0 spiro atoms. The molecule has 0 aliphatic heterocycles. The average molecular weight is 440 g/mol. The molecule has 3 rings (SSSR count). The second kappa shape index (κ2) is 9.96. The summed E-state index contributed by atoms with van der Waals surface area (Å²) in [7, 11) is 0. The lowest BCUT2D eigenvalue weighted by atomic mass is 9.98. The van der Waals surface area contributed by atoms with Crippen molar-refractivity contribution < 1.29 is 29.0 Å². The number of carboxylic acids is 1. The van der Waals surface area contributed by atoms with Gasteiger partial charge in [-0.05, 0) is 49.4 Å². The minimum Gasteiger partial charge on any atom is -0.480 e. The number of carbonyl (C=O) groups is 3. The Morgan fingerprint density at radius 1 is 1.00 bits per heavy atom. The molecule has 1 aliphatic rings. The average Bonchev–Trinajstić information content (AvgIpc) is 3.07. The summed E-state index contributed by atoms with van der Waals surface area (Å²) >= 11 is 0. The van der Waals surface area contributed by atoms with Crippen molar-refractivity contribution in [2.75, 3.05) is 13.2 Å². The van der Waals surface area contributed by atoms with Crippen molar-refractivity contribution in [3.8, 4) is 11.1 Å². The lowest BCUT2D eigenvalue weighted by molar-refractivity contribution is -0.139. The Hall–Kier alpha value is -3.19. The minimum atomic E-state index is -1.22. The van der Waals surface area contributed by atoms with E-state index in [0.717, 1.165) is 22.3 Å². The van der Waals surface area contributed by atoms with Gasteiger partial charge in [-0.15, -0.1) is 0 Å². The van der Waals surface area contributed by atoms with E-state index in [1.165, 1.54) is 0 Å². The number of rotatable bonds is 9. The highest BCUT2D eigenvalue weighted by Crippen LogP contribution is 2.44. The van der Waals surface area contributed by atoms with E-state index in [0.29, 0.717) is 0 Å². The van der Waals surface area contributed by atoms with Crippen LogP contribution < -0.4 is 5.32 Å². The number of aliphatic carboxylic acids is 1. The van der Waals surface area contributed by atoms with E-state index in [1.54, 1.807) is 0 Å². The zero-order valence-electron chi connectivity index (χ0n) is 18.6. The SMILES string of the molecule is CC(C)(C)OCC(=O)CC[C@H](NC(=O)OCC1c2ccccc2-c2ccccc21)C(=O)O. The topological polar surface area (TPSA) is 102 Å². The van der Waals surface area contributed by atoms with E-state index in [4.69, 9.17) is 9.47 Å². The number of carboxylic acid groups (broad SMARTS) is 1. The number of ketones is 1. The first-order valence-corrected chi connectivity index (χ1v) is 10.7. The second-order valence-corrected chi connectivity index (χ2v) is 8.84. The van der Waals surface area contributed by atoms with Crippen LogP contribution in [0.2, 0.25) is 0 Å². The lowest BCUT2D eigenvalue weighted by Crippen LogP contribution is -2.41. The third-order valence-corrected chi connectivity index (χ3v) is 5.31. The summed E-state index contributed by atoms with van der Waals surface area (Å²) in [4.78, 5) is 35.8. The van der Waals surface area contributed by atoms with Gasteiger partial charge in [-0.25, -0.2) is 9.59 Å². The molecule has 0 aromatic heterocycles. The van der Waals surface area contributed by atoms with Gasteiger partial charge < -0.3 is 19.9 Å². The van der Waals surface area contributed by atoms with Crippen LogP contribution in [0.5, 0.6) is 0 Å². The van der Waals surface area contributed by atoms with Gasteiger partial charge in [-0.2, -0.15) is 0 Å². The van der Waals surface area contributed by atoms with Crippen LogP contribution in [0.4, 0.5) is 4.79 Å². The molecule has 2 N–H and O–H groups in total. The monoisotopic (exact) mass is 439 g/mol. The number of fused-ring (bicyclic) bond motifs is 3. The summed E-state index contributed by atoms with van der Waals surface area (Å²) in [5.74, 6) is -1.56. The van der Waals surface area contributed by atoms with Crippen LogP contribution in [-0.4, -0.2) is 47.8 Å². The molecule has 2 aromatic carbocycles. The molecule has 7 nitrogen and oxygen atoms in total. The maximum absolute atomic E-state index is 12.3. The van der Waals surface area contributed by atoms with Gasteiger partial charge in [-0.3, -0.25) is 4.79 Å². The van der Waals surface area contributed by atoms with E-state index in [1.807, 2.05) is 69.3 Å². The van der Waals surface area contributed by atoms with Gasteiger partial charge in [0, 0.05) is 12.3 Å². The predicted molar refractivity (Wildman–Crippen MR) is 120 cm³/mol. The Bertz CT molecular complexity index is 948. The van der Waals surface area contributed by atoms with Crippen molar-refractivity contribution in [1.82, 2.24) is 5.32 Å². The number of carbonyl (C=O) groups excluding carboxylic acids is 2. The number of ether oxygens (including phenoxy) is 2. The first-order valence-electron chi connectivity index (χ1n) is 10.7. The fourth-order valence-electron chi connectivity index (χ4n) is 3.71. The molecule has 0 bridgehead atoms. The molecule has 0 radical (unpaired) electrons. The molecule has 1 atom stereocenters. The third-order valence-electron chi connectivity index (χ3n) is 5.31. The number of alkyl carbamates (subject to hydrolysis) is 1. The Labute approximate surface area is 187 Å². The predicted octanol–water partition coefficient (Wildman–Crippen LogP) is 4.14. The molecule has 0 saturated heterocycles. The van der Waals surface area contributed by atoms with Crippen molar-refractivity contribution in [2.45, 2.75) is 51.2 Å². The van der Waals surface area contributed by atoms with Crippen molar-refractivity contribution in [3.63, 3.8) is 0 Å². The van der Waals surface area contributed by atoms with E-state index < -0.39 is 23.7 Å². The molecular formula is C25H29NO6. The smallest absolute Gasteiger partial charge is 0.407 e. The summed E-state index contributed by atoms with van der Waals surface area (Å²) in [6.07, 6.45) is -0.875. The van der Waals surface area contributed by atoms with E-state index in [9.17, 15) is 19.5 Å². The van der Waals surface area contributed by atoms with Crippen LogP contribution in [0.15, 0.2) is 48.5 Å². The van der Waals surface area contributed by atoms with Gasteiger partial charge >= 0.3 is 12.1 Å². The standard InChI is InChI=1S/C25H29NO6/c1-25(2,3)32-14-16(27)12-13-22(23(28)29)26-24(30)31-15-21-19-10-6-4-8-17(19)18-9-5-7-11-20(18)21/h4-11,21-22H,12-15H2,1-3H3,(H,26,30)(H,28,29)/t22-/m0/s1. The molecule has 32 heavy (non-hydrogen) atoms. The Morgan fingerprint density at radius 2 is 1.56 bits per heavy atom. The van der Waals surface area contributed by atoms with Crippen molar-refractivity contribution in [2.24, 2.45) is 0 Å². The zero-order valence-corrected chi connectivity index (χ0v) is 18.6. The highest BCUT2D eigenvalue weighted by atomic mass is 16.5. The van der Waals surface area contributed by atoms with Crippen LogP contribution >= 0.6 is 0 Å². The molecule has 1 aliphatic carbocycles. The molecule has 170 valence electrons. The maximum Gasteiger partial charge on any atom is 0.407 e. The Balaban J connectivity index is 1.55. The van der Waals surface area contributed by atoms with Gasteiger partial charge in [0.2, 0.25) is 0 Å². The number of amides is 1. The highest BCUT2D eigenvalue weighted by Gasteiger charge is 2.30. The summed E-state index contributed by atoms with van der Waals surface area (Å²) in [6, 6.07) is 14.7. The fourth-order valence-corrected chi connectivity index (χ4v) is 3.71. The first kappa shape index (κ1) is 23.5. The molecule has 0 fully saturated rings. The van der Waals surface area contributed by atoms with Crippen LogP contribution in [0, 0.1) is 0 Å². The van der Waals surface area contributed by atoms with E-state index in [2.05, 4.69) is 5.32 Å². The number of Topliss-reactive ketones (excluding diaryl/α,β-unsaturated/α-hetero) is 1. The molecule has 1 amide bonds. The van der Waals surface area contributed by atoms with Gasteiger partial charge in [0.15, 0.2) is 5.78 Å². The van der Waals surface area contributed by atoms with Crippen LogP contribution in [0.25, 0.3) is 11.1 Å². The summed E-state index contributed by atoms with van der Waals surface area (Å²) in [5, 5.41) is 11.8. The number of benzene rings is 2. The highest BCUT2D eigenvalue weighted by molar-refractivity contribution is 5.83. The quantitative estimate of drug-likeness (QED) is 0.609. The summed E-state index contributed by atoms with van der Waals surface area (Å²) in [5.41, 5.74) is 3.90. The van der Waals surface area contributed by atoms with Gasteiger partial charge in [0.05, 0.1) is 5.60 Å². The Morgan fingerprint density at radius 3 is 2.09 bits per heavy atom. The van der Waals surface area contributed by atoms with E-state index in [-0.39, 0.29) is 37.8 Å². The molecule has 0 unspecified atom stereocenters. The van der Waals surface area contributed by atoms with Crippen LogP contribution in [0.1, 0.15) is 50.7 Å². The fraction of sp³-hybridized carbons (Fsp3) is 0.400. The molecule has 2 aromatic rings. The number of hydrogen-bond donors (Lipinski definition) is 2. The normalized spacial score (nSPS) is 13.7. The van der Waals surface area contributed by atoms with Crippen molar-refractivity contribution >= 4 is 17.8 Å². The summed E-state index contributed by atoms with van der Waals surface area (Å²) < 4.78 is 10.8. The first-order chi connectivity index (χ1) is 15.2. The third kappa shape index (κ3) is 5.95. The van der Waals surface area contributed by atoms with Gasteiger partial charge in [0.1, 0.15) is 19.3 Å². The van der Waals surface area contributed by atoms with Crippen LogP contribution in [-0.2, 0) is 19.1 Å². The minimum absolute atomic E-state index is 0.0172. The van der Waals surface area contributed by atoms with Crippen molar-refractivity contribution in [3.05, 3.63) is 59.7 Å². The zero-order chi connectivity index (χ0) is 23.3. The molecule has 0 heterocycles. The Kier molecular flexibility index (Phi) is 7.30. The molecular weight excluding hydrogens is 410 g/mol. The van der Waals surface area contributed by atoms with Gasteiger partial charge in [-0.1, -0.05) is 48.5 Å². The van der Waals surface area contributed by atoms with Gasteiger partial charge in [0.25, 0.3) is 0 Å². The lowest BCUT2D eigenvalue weighted by Gasteiger charge is -2.19. The summed E-state index contributed by atoms with van der Waals surface area (Å²) in [6.45, 7) is 5.49. The number of nitrogens with one attached hydrogen (secondary N) is 1. The van der Waals surface area contributed by atoms with E-state index >= 15 is 0 Å². The second-order valence-electron chi connectivity index (χ2n) is 8.84. The number of hydrogen-bond acceptors (Lipinski definition) is 5. The largest absolute Gasteiger partial charge is 0.480 e.